The van der Waals surface area contributed by atoms with Gasteiger partial charge in [-0.25, -0.2) is 4.98 Å². The van der Waals surface area contributed by atoms with E-state index in [4.69, 9.17) is 9.72 Å². The molecule has 0 aliphatic heterocycles. The first-order chi connectivity index (χ1) is 15.1. The third-order valence-electron chi connectivity index (χ3n) is 5.57. The number of carbonyl (C=O) groups is 1. The lowest BCUT2D eigenvalue weighted by Gasteiger charge is -2.14. The Morgan fingerprint density at radius 2 is 2.00 bits per heavy atom. The second kappa shape index (κ2) is 10.1. The van der Waals surface area contributed by atoms with Gasteiger partial charge in [-0.1, -0.05) is 6.07 Å². The van der Waals surface area contributed by atoms with Gasteiger partial charge in [-0.2, -0.15) is 0 Å². The van der Waals surface area contributed by atoms with Crippen molar-refractivity contribution in [3.63, 3.8) is 0 Å². The fourth-order valence-electron chi connectivity index (χ4n) is 4.00. The predicted molar refractivity (Wildman–Crippen MR) is 124 cm³/mol. The van der Waals surface area contributed by atoms with E-state index in [-0.39, 0.29) is 5.91 Å². The van der Waals surface area contributed by atoms with Crippen LogP contribution in [-0.2, 0) is 25.9 Å². The SMILES string of the molecule is Cc1cc(C(=O)NCCCc2nc3c(s2)CCCC3)cc(C)c1OCc1cccnc1. The Kier molecular flexibility index (Phi) is 6.97. The number of ether oxygens (including phenoxy) is 1. The summed E-state index contributed by atoms with van der Waals surface area (Å²) >= 11 is 1.86. The van der Waals surface area contributed by atoms with Crippen molar-refractivity contribution in [3.05, 3.63) is 74.5 Å². The lowest BCUT2D eigenvalue weighted by Crippen LogP contribution is -2.25. The van der Waals surface area contributed by atoms with E-state index in [1.165, 1.54) is 34.8 Å². The molecule has 0 saturated carbocycles. The summed E-state index contributed by atoms with van der Waals surface area (Å²) in [6, 6.07) is 7.68. The van der Waals surface area contributed by atoms with E-state index in [9.17, 15) is 4.79 Å². The average molecular weight is 436 g/mol. The van der Waals surface area contributed by atoms with Gasteiger partial charge in [-0.05, 0) is 75.3 Å². The first kappa shape index (κ1) is 21.5. The molecule has 162 valence electrons. The molecule has 4 rings (SSSR count). The minimum absolute atomic E-state index is 0.0385. The van der Waals surface area contributed by atoms with Crippen molar-refractivity contribution in [2.24, 2.45) is 0 Å². The fraction of sp³-hybridized carbons (Fsp3) is 0.400. The van der Waals surface area contributed by atoms with Gasteiger partial charge in [-0.3, -0.25) is 9.78 Å². The van der Waals surface area contributed by atoms with Gasteiger partial charge in [-0.15, -0.1) is 11.3 Å². The van der Waals surface area contributed by atoms with Crippen LogP contribution in [0.5, 0.6) is 5.75 Å². The fourth-order valence-corrected chi connectivity index (χ4v) is 5.20. The standard InChI is InChI=1S/C25H29N3O2S/c1-17-13-20(14-18(2)24(17)30-16-19-7-5-11-26-15-19)25(29)27-12-6-10-23-28-21-8-3-4-9-22(21)31-23/h5,7,11,13-15H,3-4,6,8-10,12,16H2,1-2H3,(H,27,29). The van der Waals surface area contributed by atoms with Gasteiger partial charge in [0.1, 0.15) is 12.4 Å². The third kappa shape index (κ3) is 5.50. The van der Waals surface area contributed by atoms with Crippen LogP contribution in [0.2, 0.25) is 0 Å². The highest BCUT2D eigenvalue weighted by Gasteiger charge is 2.15. The maximum atomic E-state index is 12.6. The van der Waals surface area contributed by atoms with Crippen LogP contribution in [0.15, 0.2) is 36.7 Å². The highest BCUT2D eigenvalue weighted by atomic mass is 32.1. The highest BCUT2D eigenvalue weighted by Crippen LogP contribution is 2.27. The maximum Gasteiger partial charge on any atom is 0.251 e. The Balaban J connectivity index is 1.28. The topological polar surface area (TPSA) is 64.1 Å². The molecule has 31 heavy (non-hydrogen) atoms. The van der Waals surface area contributed by atoms with Crippen LogP contribution in [0.3, 0.4) is 0 Å². The van der Waals surface area contributed by atoms with Gasteiger partial charge >= 0.3 is 0 Å². The zero-order chi connectivity index (χ0) is 21.6. The molecule has 0 spiro atoms. The molecule has 1 amide bonds. The van der Waals surface area contributed by atoms with Crippen LogP contribution in [0.1, 0.15) is 61.9 Å². The van der Waals surface area contributed by atoms with Crippen molar-refractivity contribution >= 4 is 17.2 Å². The summed E-state index contributed by atoms with van der Waals surface area (Å²) in [4.78, 5) is 23.0. The van der Waals surface area contributed by atoms with Crippen LogP contribution in [0, 0.1) is 13.8 Å². The molecule has 1 N–H and O–H groups in total. The molecule has 0 saturated heterocycles. The van der Waals surface area contributed by atoms with Crippen LogP contribution >= 0.6 is 11.3 Å². The number of carbonyl (C=O) groups excluding carboxylic acids is 1. The lowest BCUT2D eigenvalue weighted by atomic mass is 10.0. The Bertz CT molecular complexity index is 1000. The average Bonchev–Trinajstić information content (AvgIpc) is 3.19. The minimum atomic E-state index is -0.0385. The van der Waals surface area contributed by atoms with E-state index >= 15 is 0 Å². The zero-order valence-electron chi connectivity index (χ0n) is 18.2. The third-order valence-corrected chi connectivity index (χ3v) is 6.79. The summed E-state index contributed by atoms with van der Waals surface area (Å²) in [5.41, 5.74) is 4.93. The number of fused-ring (bicyclic) bond motifs is 1. The quantitative estimate of drug-likeness (QED) is 0.507. The number of hydrogen-bond donors (Lipinski definition) is 1. The summed E-state index contributed by atoms with van der Waals surface area (Å²) in [5.74, 6) is 0.789. The van der Waals surface area contributed by atoms with Crippen molar-refractivity contribution in [2.45, 2.75) is 59.0 Å². The summed E-state index contributed by atoms with van der Waals surface area (Å²) in [6.45, 7) is 5.07. The first-order valence-corrected chi connectivity index (χ1v) is 11.8. The molecule has 2 heterocycles. The Labute approximate surface area is 187 Å². The van der Waals surface area contributed by atoms with Gasteiger partial charge < -0.3 is 10.1 Å². The van der Waals surface area contributed by atoms with Crippen molar-refractivity contribution < 1.29 is 9.53 Å². The van der Waals surface area contributed by atoms with Gasteiger partial charge in [0, 0.05) is 41.4 Å². The molecular formula is C25H29N3O2S. The Hall–Kier alpha value is -2.73. The Morgan fingerprint density at radius 1 is 1.19 bits per heavy atom. The van der Waals surface area contributed by atoms with Crippen LogP contribution in [0.25, 0.3) is 0 Å². The molecule has 3 aromatic rings. The van der Waals surface area contributed by atoms with Crippen molar-refractivity contribution in [1.82, 2.24) is 15.3 Å². The van der Waals surface area contributed by atoms with Crippen LogP contribution in [-0.4, -0.2) is 22.4 Å². The van der Waals surface area contributed by atoms with Gasteiger partial charge in [0.2, 0.25) is 0 Å². The molecule has 0 fully saturated rings. The highest BCUT2D eigenvalue weighted by molar-refractivity contribution is 7.11. The van der Waals surface area contributed by atoms with E-state index in [1.807, 2.05) is 49.4 Å². The van der Waals surface area contributed by atoms with E-state index in [1.54, 1.807) is 12.4 Å². The molecule has 5 nitrogen and oxygen atoms in total. The molecule has 0 atom stereocenters. The predicted octanol–water partition coefficient (Wildman–Crippen LogP) is 4.98. The number of rotatable bonds is 8. The minimum Gasteiger partial charge on any atom is -0.488 e. The number of aromatic nitrogens is 2. The van der Waals surface area contributed by atoms with Crippen LogP contribution in [0.4, 0.5) is 0 Å². The number of thiazole rings is 1. The number of nitrogens with one attached hydrogen (secondary N) is 1. The summed E-state index contributed by atoms with van der Waals surface area (Å²) < 4.78 is 5.99. The smallest absolute Gasteiger partial charge is 0.251 e. The van der Waals surface area contributed by atoms with Gasteiger partial charge in [0.05, 0.1) is 10.7 Å². The summed E-state index contributed by atoms with van der Waals surface area (Å²) in [7, 11) is 0. The van der Waals surface area contributed by atoms with Gasteiger partial charge in [0.25, 0.3) is 5.91 Å². The monoisotopic (exact) mass is 435 g/mol. The number of hydrogen-bond acceptors (Lipinski definition) is 5. The number of amides is 1. The zero-order valence-corrected chi connectivity index (χ0v) is 19.1. The summed E-state index contributed by atoms with van der Waals surface area (Å²) in [5, 5.41) is 4.26. The van der Waals surface area contributed by atoms with E-state index < -0.39 is 0 Å². The normalized spacial score (nSPS) is 13.0. The molecule has 2 aromatic heterocycles. The number of nitrogens with zero attached hydrogens (tertiary/aromatic N) is 2. The number of pyridine rings is 1. The van der Waals surface area contributed by atoms with Crippen molar-refractivity contribution in [3.8, 4) is 5.75 Å². The molecule has 1 aromatic carbocycles. The largest absolute Gasteiger partial charge is 0.488 e. The van der Waals surface area contributed by atoms with Gasteiger partial charge in [0.15, 0.2) is 0 Å². The molecule has 0 unspecified atom stereocenters. The molecule has 0 bridgehead atoms. The van der Waals surface area contributed by atoms with Crippen molar-refractivity contribution in [1.29, 1.82) is 0 Å². The lowest BCUT2D eigenvalue weighted by molar-refractivity contribution is 0.0953. The molecule has 0 radical (unpaired) electrons. The first-order valence-electron chi connectivity index (χ1n) is 11.0. The van der Waals surface area contributed by atoms with E-state index in [2.05, 4.69) is 10.3 Å². The van der Waals surface area contributed by atoms with Crippen LogP contribution < -0.4 is 10.1 Å². The molecule has 1 aliphatic rings. The van der Waals surface area contributed by atoms with Crippen molar-refractivity contribution in [2.75, 3.05) is 6.54 Å². The number of benzene rings is 1. The second-order valence-corrected chi connectivity index (χ2v) is 9.30. The van der Waals surface area contributed by atoms with E-state index in [0.29, 0.717) is 18.7 Å². The Morgan fingerprint density at radius 3 is 2.74 bits per heavy atom. The maximum absolute atomic E-state index is 12.6. The molecule has 6 heteroatoms. The molecule has 1 aliphatic carbocycles. The molecular weight excluding hydrogens is 406 g/mol. The summed E-state index contributed by atoms with van der Waals surface area (Å²) in [6.07, 6.45) is 10.2. The van der Waals surface area contributed by atoms with E-state index in [0.717, 1.165) is 41.7 Å². The second-order valence-electron chi connectivity index (χ2n) is 8.13. The number of aryl methyl sites for hydroxylation is 5.